The van der Waals surface area contributed by atoms with Crippen LogP contribution in [0.4, 0.5) is 43.9 Å². The number of ether oxygens (including phenoxy) is 1. The lowest BCUT2D eigenvalue weighted by Gasteiger charge is -2.28. The van der Waals surface area contributed by atoms with E-state index in [9.17, 15) is 31.5 Å². The van der Waals surface area contributed by atoms with E-state index in [1.165, 1.54) is 36.9 Å². The number of pyridine rings is 1. The van der Waals surface area contributed by atoms with Gasteiger partial charge in [-0.15, -0.1) is 0 Å². The summed E-state index contributed by atoms with van der Waals surface area (Å²) in [5.74, 6) is -1.56. The fraction of sp³-hybridized carbons (Fsp3) is 0.219. The molecule has 4 aromatic rings. The number of carbonyl (C=O) groups is 2. The molecule has 0 saturated carbocycles. The van der Waals surface area contributed by atoms with Gasteiger partial charge in [-0.1, -0.05) is 18.2 Å². The Morgan fingerprint density at radius 2 is 1.64 bits per heavy atom. The van der Waals surface area contributed by atoms with Crippen molar-refractivity contribution in [3.8, 4) is 5.75 Å². The Kier molecular flexibility index (Phi) is 8.02. The molecule has 12 heteroatoms. The third kappa shape index (κ3) is 6.05. The minimum atomic E-state index is -5.02. The fourth-order valence-corrected chi connectivity index (χ4v) is 4.93. The van der Waals surface area contributed by atoms with Crippen molar-refractivity contribution in [2.45, 2.75) is 38.5 Å². The number of benzene rings is 3. The largest absolute Gasteiger partial charge is 0.495 e. The average Bonchev–Trinajstić information content (AvgIpc) is 3.14. The molecule has 1 aromatic heterocycles. The van der Waals surface area contributed by atoms with Crippen LogP contribution in [0, 0.1) is 11.6 Å². The fourth-order valence-electron chi connectivity index (χ4n) is 4.93. The third-order valence-corrected chi connectivity index (χ3v) is 7.43. The van der Waals surface area contributed by atoms with Crippen molar-refractivity contribution in [1.82, 2.24) is 9.88 Å². The number of imide groups is 1. The van der Waals surface area contributed by atoms with Crippen LogP contribution in [-0.4, -0.2) is 34.5 Å². The molecule has 1 fully saturated rings. The van der Waals surface area contributed by atoms with E-state index in [0.29, 0.717) is 46.1 Å². The number of carbonyl (C=O) groups excluding carboxylic acids is 2. The summed E-state index contributed by atoms with van der Waals surface area (Å²) in [7, 11) is 1.55. The smallest absolute Gasteiger partial charge is 0.419 e. The van der Waals surface area contributed by atoms with Gasteiger partial charge in [-0.3, -0.25) is 4.79 Å². The number of alkyl halides is 3. The van der Waals surface area contributed by atoms with Crippen LogP contribution >= 0.6 is 0 Å². The number of amides is 3. The second kappa shape index (κ2) is 11.6. The van der Waals surface area contributed by atoms with E-state index in [1.54, 1.807) is 25.4 Å². The quantitative estimate of drug-likeness (QED) is 0.166. The van der Waals surface area contributed by atoms with E-state index in [2.05, 4.69) is 10.3 Å². The van der Waals surface area contributed by atoms with Gasteiger partial charge in [0.2, 0.25) is 0 Å². The van der Waals surface area contributed by atoms with Gasteiger partial charge in [0.05, 0.1) is 24.6 Å². The predicted molar refractivity (Wildman–Crippen MR) is 154 cm³/mol. The molecule has 1 saturated heterocycles. The molecular weight excluding hydrogens is 583 g/mol. The molecule has 3 aromatic carbocycles. The average molecular weight is 611 g/mol. The van der Waals surface area contributed by atoms with E-state index in [-0.39, 0.29) is 6.54 Å². The zero-order valence-corrected chi connectivity index (χ0v) is 23.9. The highest BCUT2D eigenvalue weighted by Gasteiger charge is 2.52. The summed E-state index contributed by atoms with van der Waals surface area (Å²) < 4.78 is 73.4. The van der Waals surface area contributed by atoms with E-state index in [1.807, 2.05) is 24.3 Å². The Morgan fingerprint density at radius 1 is 0.909 bits per heavy atom. The lowest BCUT2D eigenvalue weighted by atomic mass is 9.97. The van der Waals surface area contributed by atoms with E-state index < -0.39 is 46.5 Å². The SMILES string of the molecule is COc1ccc(Nc2ccc(Cc3cc(F)ccc3CN3C(=O)N(c4ccc(F)c(C(F)(F)F)c4)C(=O)C3(C)C)cc2)nc1. The van der Waals surface area contributed by atoms with Gasteiger partial charge < -0.3 is 15.0 Å². The second-order valence-corrected chi connectivity index (χ2v) is 10.7. The maximum Gasteiger partial charge on any atom is 0.419 e. The van der Waals surface area contributed by atoms with Gasteiger partial charge in [0, 0.05) is 12.2 Å². The molecule has 44 heavy (non-hydrogen) atoms. The predicted octanol–water partition coefficient (Wildman–Crippen LogP) is 7.47. The molecule has 2 heterocycles. The molecule has 0 spiro atoms. The minimum absolute atomic E-state index is 0.125. The Labute approximate surface area is 249 Å². The van der Waals surface area contributed by atoms with Crippen LogP contribution in [-0.2, 0) is 23.9 Å². The van der Waals surface area contributed by atoms with Crippen molar-refractivity contribution < 1.29 is 36.3 Å². The highest BCUT2D eigenvalue weighted by Crippen LogP contribution is 2.38. The van der Waals surface area contributed by atoms with Crippen molar-refractivity contribution in [1.29, 1.82) is 0 Å². The number of aromatic nitrogens is 1. The lowest BCUT2D eigenvalue weighted by Crippen LogP contribution is -2.43. The Bertz CT molecular complexity index is 1710. The zero-order valence-electron chi connectivity index (χ0n) is 23.9. The summed E-state index contributed by atoms with van der Waals surface area (Å²) in [5.41, 5.74) is -0.751. The van der Waals surface area contributed by atoms with Crippen molar-refractivity contribution in [3.63, 3.8) is 0 Å². The van der Waals surface area contributed by atoms with Crippen LogP contribution in [0.1, 0.15) is 36.1 Å². The summed E-state index contributed by atoms with van der Waals surface area (Å²) in [4.78, 5) is 32.9. The maximum absolute atomic E-state index is 14.4. The first-order chi connectivity index (χ1) is 20.8. The van der Waals surface area contributed by atoms with E-state index >= 15 is 0 Å². The zero-order chi connectivity index (χ0) is 31.8. The number of nitrogens with zero attached hydrogens (tertiary/aromatic N) is 3. The van der Waals surface area contributed by atoms with Crippen LogP contribution in [0.25, 0.3) is 0 Å². The van der Waals surface area contributed by atoms with Gasteiger partial charge in [0.15, 0.2) is 0 Å². The highest BCUT2D eigenvalue weighted by atomic mass is 19.4. The molecule has 228 valence electrons. The summed E-state index contributed by atoms with van der Waals surface area (Å²) in [6.07, 6.45) is -3.15. The van der Waals surface area contributed by atoms with Gasteiger partial charge in [-0.2, -0.15) is 13.2 Å². The monoisotopic (exact) mass is 610 g/mol. The van der Waals surface area contributed by atoms with Gasteiger partial charge in [0.1, 0.15) is 28.7 Å². The van der Waals surface area contributed by atoms with Crippen LogP contribution in [0.15, 0.2) is 79.0 Å². The van der Waals surface area contributed by atoms with Crippen molar-refractivity contribution in [3.05, 3.63) is 113 Å². The van der Waals surface area contributed by atoms with Crippen LogP contribution in [0.5, 0.6) is 5.75 Å². The second-order valence-electron chi connectivity index (χ2n) is 10.7. The van der Waals surface area contributed by atoms with Crippen molar-refractivity contribution >= 4 is 29.1 Å². The highest BCUT2D eigenvalue weighted by molar-refractivity contribution is 6.23. The molecule has 0 radical (unpaired) electrons. The third-order valence-electron chi connectivity index (χ3n) is 7.43. The molecule has 1 aliphatic rings. The normalized spacial score (nSPS) is 14.7. The Hall–Kier alpha value is -5.00. The first kappa shape index (κ1) is 30.5. The number of rotatable bonds is 8. The number of halogens is 5. The first-order valence-electron chi connectivity index (χ1n) is 13.4. The minimum Gasteiger partial charge on any atom is -0.495 e. The van der Waals surface area contributed by atoms with Crippen LogP contribution in [0.3, 0.4) is 0 Å². The van der Waals surface area contributed by atoms with E-state index in [4.69, 9.17) is 4.74 Å². The lowest BCUT2D eigenvalue weighted by molar-refractivity contribution is -0.140. The number of urea groups is 1. The Balaban J connectivity index is 1.37. The van der Waals surface area contributed by atoms with Crippen LogP contribution < -0.4 is 15.0 Å². The molecule has 3 amide bonds. The molecule has 0 atom stereocenters. The van der Waals surface area contributed by atoms with Gasteiger partial charge in [0.25, 0.3) is 5.91 Å². The van der Waals surface area contributed by atoms with Gasteiger partial charge >= 0.3 is 12.2 Å². The summed E-state index contributed by atoms with van der Waals surface area (Å²) in [6.45, 7) is 2.81. The van der Waals surface area contributed by atoms with E-state index in [0.717, 1.165) is 17.3 Å². The van der Waals surface area contributed by atoms with Gasteiger partial charge in [-0.05, 0) is 91.6 Å². The molecule has 5 rings (SSSR count). The maximum atomic E-state index is 14.4. The summed E-state index contributed by atoms with van der Waals surface area (Å²) in [6, 6.07) is 16.1. The number of hydrogen-bond donors (Lipinski definition) is 1. The molecule has 0 aliphatic carbocycles. The Morgan fingerprint density at radius 3 is 2.27 bits per heavy atom. The number of anilines is 3. The summed E-state index contributed by atoms with van der Waals surface area (Å²) in [5, 5.41) is 3.17. The molecule has 1 aliphatic heterocycles. The molecule has 0 unspecified atom stereocenters. The molecule has 1 N–H and O–H groups in total. The van der Waals surface area contributed by atoms with Crippen molar-refractivity contribution in [2.75, 3.05) is 17.3 Å². The first-order valence-corrected chi connectivity index (χ1v) is 13.4. The molecule has 0 bridgehead atoms. The van der Waals surface area contributed by atoms with Crippen LogP contribution in [0.2, 0.25) is 0 Å². The molecular formula is C32H27F5N4O3. The summed E-state index contributed by atoms with van der Waals surface area (Å²) >= 11 is 0. The van der Waals surface area contributed by atoms with Gasteiger partial charge in [-0.25, -0.2) is 23.5 Å². The molecule has 7 nitrogen and oxygen atoms in total. The number of methoxy groups -OCH3 is 1. The van der Waals surface area contributed by atoms with Crippen molar-refractivity contribution in [2.24, 2.45) is 0 Å². The standard InChI is InChI=1S/C32H27F5N4O3/c1-31(2)29(42)41(24-10-12-27(34)26(16-24)32(35,36)37)30(43)40(31)18-20-6-7-22(33)15-21(20)14-19-4-8-23(9-5-19)39-28-13-11-25(44-3)17-38-28/h4-13,15-17H,14,18H2,1-3H3,(H,38,39). The number of nitrogens with one attached hydrogen (secondary N) is 1. The topological polar surface area (TPSA) is 74.8 Å². The number of hydrogen-bond acceptors (Lipinski definition) is 5.